The summed E-state index contributed by atoms with van der Waals surface area (Å²) in [6, 6.07) is 10.0. The van der Waals surface area contributed by atoms with Crippen LogP contribution in [0.25, 0.3) is 0 Å². The quantitative estimate of drug-likeness (QED) is 0.858. The van der Waals surface area contributed by atoms with Gasteiger partial charge in [-0.15, -0.1) is 0 Å². The van der Waals surface area contributed by atoms with Crippen LogP contribution in [0, 0.1) is 11.8 Å². The van der Waals surface area contributed by atoms with E-state index in [1.165, 1.54) is 0 Å². The summed E-state index contributed by atoms with van der Waals surface area (Å²) in [5.41, 5.74) is 1.11. The van der Waals surface area contributed by atoms with Crippen molar-refractivity contribution in [1.82, 2.24) is 8.61 Å². The minimum atomic E-state index is -3.36. The van der Waals surface area contributed by atoms with Gasteiger partial charge in [0, 0.05) is 19.6 Å². The Morgan fingerprint density at radius 3 is 2.32 bits per heavy atom. The molecule has 2 heterocycles. The Hall–Kier alpha value is -0.910. The van der Waals surface area contributed by atoms with Gasteiger partial charge in [-0.05, 0) is 36.7 Å². The van der Waals surface area contributed by atoms with Gasteiger partial charge < -0.3 is 0 Å². The monoisotopic (exact) mass is 322 g/mol. The van der Waals surface area contributed by atoms with E-state index in [-0.39, 0.29) is 6.04 Å². The molecule has 0 N–H and O–H groups in total. The lowest BCUT2D eigenvalue weighted by atomic mass is 9.94. The van der Waals surface area contributed by atoms with Crippen LogP contribution in [0.15, 0.2) is 30.3 Å². The van der Waals surface area contributed by atoms with Gasteiger partial charge in [-0.1, -0.05) is 44.2 Å². The van der Waals surface area contributed by atoms with E-state index in [4.69, 9.17) is 0 Å². The molecule has 2 aliphatic heterocycles. The largest absolute Gasteiger partial charge is 0.282 e. The summed E-state index contributed by atoms with van der Waals surface area (Å²) in [6.45, 7) is 6.25. The minimum absolute atomic E-state index is 0.00117. The van der Waals surface area contributed by atoms with Gasteiger partial charge in [0.15, 0.2) is 0 Å². The number of rotatable bonds is 3. The van der Waals surface area contributed by atoms with E-state index in [0.717, 1.165) is 24.8 Å². The third-order valence-corrected chi connectivity index (χ3v) is 6.83. The Morgan fingerprint density at radius 2 is 1.68 bits per heavy atom. The van der Waals surface area contributed by atoms with Gasteiger partial charge in [0.2, 0.25) is 0 Å². The Bertz CT molecular complexity index is 592. The van der Waals surface area contributed by atoms with Crippen molar-refractivity contribution in [3.63, 3.8) is 0 Å². The average Bonchev–Trinajstić information content (AvgIpc) is 2.97. The fourth-order valence-electron chi connectivity index (χ4n) is 3.97. The number of hydrogen-bond donors (Lipinski definition) is 0. The number of hydrogen-bond acceptors (Lipinski definition) is 2. The van der Waals surface area contributed by atoms with Gasteiger partial charge in [-0.25, -0.2) is 0 Å². The van der Waals surface area contributed by atoms with Crippen LogP contribution < -0.4 is 0 Å². The molecule has 0 aromatic heterocycles. The first-order valence-corrected chi connectivity index (χ1v) is 9.70. The van der Waals surface area contributed by atoms with Crippen molar-refractivity contribution in [2.75, 3.05) is 19.6 Å². The highest BCUT2D eigenvalue weighted by Gasteiger charge is 2.40. The summed E-state index contributed by atoms with van der Waals surface area (Å²) in [7, 11) is -3.36. The molecule has 1 aromatic carbocycles. The molecule has 122 valence electrons. The van der Waals surface area contributed by atoms with E-state index >= 15 is 0 Å². The third kappa shape index (κ3) is 3.07. The molecule has 2 fully saturated rings. The SMILES string of the molecule is CC1CC(C)CN(S(=O)(=O)N2CCCC2c2ccccc2)C1. The van der Waals surface area contributed by atoms with Crippen molar-refractivity contribution < 1.29 is 8.42 Å². The maximum Gasteiger partial charge on any atom is 0.282 e. The Kier molecular flexibility index (Phi) is 4.57. The first-order chi connectivity index (χ1) is 10.5. The minimum Gasteiger partial charge on any atom is -0.195 e. The van der Waals surface area contributed by atoms with E-state index in [1.54, 1.807) is 8.61 Å². The van der Waals surface area contributed by atoms with Gasteiger partial charge in [0.1, 0.15) is 0 Å². The van der Waals surface area contributed by atoms with Crippen LogP contribution in [0.1, 0.15) is 44.7 Å². The maximum absolute atomic E-state index is 13.1. The molecular weight excluding hydrogens is 296 g/mol. The molecule has 2 saturated heterocycles. The molecule has 5 heteroatoms. The van der Waals surface area contributed by atoms with Crippen LogP contribution in [0.3, 0.4) is 0 Å². The molecule has 3 rings (SSSR count). The van der Waals surface area contributed by atoms with Gasteiger partial charge >= 0.3 is 0 Å². The predicted octanol–water partition coefficient (Wildman–Crippen LogP) is 3.05. The van der Waals surface area contributed by atoms with Crippen molar-refractivity contribution in [3.05, 3.63) is 35.9 Å². The zero-order valence-electron chi connectivity index (χ0n) is 13.5. The van der Waals surface area contributed by atoms with Crippen molar-refractivity contribution in [2.45, 2.75) is 39.2 Å². The first kappa shape index (κ1) is 16.0. The van der Waals surface area contributed by atoms with Crippen molar-refractivity contribution in [2.24, 2.45) is 11.8 Å². The third-order valence-electron chi connectivity index (χ3n) is 4.85. The van der Waals surface area contributed by atoms with Gasteiger partial charge in [0.25, 0.3) is 10.2 Å². The summed E-state index contributed by atoms with van der Waals surface area (Å²) in [6.07, 6.45) is 2.98. The van der Waals surface area contributed by atoms with E-state index in [1.807, 2.05) is 30.3 Å². The summed E-state index contributed by atoms with van der Waals surface area (Å²) < 4.78 is 29.7. The highest BCUT2D eigenvalue weighted by Crippen LogP contribution is 2.36. The second-order valence-corrected chi connectivity index (χ2v) is 8.83. The summed E-state index contributed by atoms with van der Waals surface area (Å²) in [5.74, 6) is 0.882. The Balaban J connectivity index is 1.85. The summed E-state index contributed by atoms with van der Waals surface area (Å²) in [5, 5.41) is 0. The molecule has 0 radical (unpaired) electrons. The Morgan fingerprint density at radius 1 is 1.05 bits per heavy atom. The van der Waals surface area contributed by atoms with Crippen molar-refractivity contribution in [3.8, 4) is 0 Å². The molecule has 0 amide bonds. The molecule has 3 unspecified atom stereocenters. The van der Waals surface area contributed by atoms with E-state index in [2.05, 4.69) is 13.8 Å². The fourth-order valence-corrected chi connectivity index (χ4v) is 6.06. The molecule has 4 nitrogen and oxygen atoms in total. The molecule has 0 aliphatic carbocycles. The number of benzene rings is 1. The molecule has 0 spiro atoms. The van der Waals surface area contributed by atoms with Crippen LogP contribution >= 0.6 is 0 Å². The standard InChI is InChI=1S/C17H26N2O2S/c1-14-11-15(2)13-18(12-14)22(20,21)19-10-6-9-17(19)16-7-4-3-5-8-16/h3-5,7-8,14-15,17H,6,9-13H2,1-2H3. The molecule has 1 aromatic rings. The second-order valence-electron chi connectivity index (χ2n) is 6.95. The van der Waals surface area contributed by atoms with E-state index in [0.29, 0.717) is 31.5 Å². The van der Waals surface area contributed by atoms with E-state index < -0.39 is 10.2 Å². The molecule has 3 atom stereocenters. The smallest absolute Gasteiger partial charge is 0.195 e. The fraction of sp³-hybridized carbons (Fsp3) is 0.647. The molecule has 2 aliphatic rings. The number of piperidine rings is 1. The molecule has 0 saturated carbocycles. The lowest BCUT2D eigenvalue weighted by Crippen LogP contribution is -2.49. The first-order valence-electron chi connectivity index (χ1n) is 8.30. The van der Waals surface area contributed by atoms with Crippen LogP contribution in [0.5, 0.6) is 0 Å². The second kappa shape index (κ2) is 6.30. The van der Waals surface area contributed by atoms with Crippen LogP contribution in [-0.4, -0.2) is 36.7 Å². The molecular formula is C17H26N2O2S. The lowest BCUT2D eigenvalue weighted by molar-refractivity contribution is 0.207. The lowest BCUT2D eigenvalue weighted by Gasteiger charge is -2.37. The summed E-state index contributed by atoms with van der Waals surface area (Å²) >= 11 is 0. The van der Waals surface area contributed by atoms with Crippen molar-refractivity contribution >= 4 is 10.2 Å². The zero-order chi connectivity index (χ0) is 15.7. The average molecular weight is 322 g/mol. The van der Waals surface area contributed by atoms with Gasteiger partial charge in [0.05, 0.1) is 6.04 Å². The zero-order valence-corrected chi connectivity index (χ0v) is 14.3. The molecule has 0 bridgehead atoms. The Labute approximate surface area is 134 Å². The van der Waals surface area contributed by atoms with Crippen LogP contribution in [0.4, 0.5) is 0 Å². The molecule has 22 heavy (non-hydrogen) atoms. The van der Waals surface area contributed by atoms with Crippen LogP contribution in [0.2, 0.25) is 0 Å². The highest BCUT2D eigenvalue weighted by atomic mass is 32.2. The predicted molar refractivity (Wildman–Crippen MR) is 88.6 cm³/mol. The van der Waals surface area contributed by atoms with E-state index in [9.17, 15) is 8.42 Å². The van der Waals surface area contributed by atoms with Gasteiger partial charge in [-0.3, -0.25) is 0 Å². The van der Waals surface area contributed by atoms with Crippen LogP contribution in [-0.2, 0) is 10.2 Å². The maximum atomic E-state index is 13.1. The number of nitrogens with zero attached hydrogens (tertiary/aromatic N) is 2. The highest BCUT2D eigenvalue weighted by molar-refractivity contribution is 7.86. The normalized spacial score (nSPS) is 31.5. The van der Waals surface area contributed by atoms with Gasteiger partial charge in [-0.2, -0.15) is 17.0 Å². The van der Waals surface area contributed by atoms with Crippen molar-refractivity contribution in [1.29, 1.82) is 0 Å². The summed E-state index contributed by atoms with van der Waals surface area (Å²) in [4.78, 5) is 0. The topological polar surface area (TPSA) is 40.6 Å².